The summed E-state index contributed by atoms with van der Waals surface area (Å²) in [5, 5.41) is 10.8. The van der Waals surface area contributed by atoms with Crippen molar-refractivity contribution in [2.24, 2.45) is 0 Å². The molecule has 0 radical (unpaired) electrons. The molecule has 2 heterocycles. The highest BCUT2D eigenvalue weighted by Crippen LogP contribution is 2.32. The molecule has 2 aliphatic rings. The van der Waals surface area contributed by atoms with Crippen molar-refractivity contribution in [3.8, 4) is 11.5 Å². The fourth-order valence-corrected chi connectivity index (χ4v) is 3.86. The quantitative estimate of drug-likeness (QED) is 0.607. The predicted molar refractivity (Wildman–Crippen MR) is 105 cm³/mol. The first kappa shape index (κ1) is 19.2. The Morgan fingerprint density at radius 3 is 2.52 bits per heavy atom. The number of piperazine rings is 1. The molecule has 0 spiro atoms. The molecule has 1 amide bonds. The fraction of sp³-hybridized carbons (Fsp3) is 0.381. The first-order valence-electron chi connectivity index (χ1n) is 9.76. The molecule has 2 aromatic rings. The number of ether oxygens (including phenoxy) is 2. The number of hydrogen-bond acceptors (Lipinski definition) is 5. The van der Waals surface area contributed by atoms with Crippen LogP contribution in [0.15, 0.2) is 42.5 Å². The van der Waals surface area contributed by atoms with Gasteiger partial charge in [0.1, 0.15) is 6.54 Å². The molecule has 152 valence electrons. The summed E-state index contributed by atoms with van der Waals surface area (Å²) in [6.45, 7) is 6.19. The van der Waals surface area contributed by atoms with Gasteiger partial charge in [-0.25, -0.2) is 0 Å². The van der Waals surface area contributed by atoms with E-state index in [-0.39, 0.29) is 24.3 Å². The number of rotatable bonds is 5. The van der Waals surface area contributed by atoms with Gasteiger partial charge >= 0.3 is 0 Å². The molecule has 0 bridgehead atoms. The van der Waals surface area contributed by atoms with Crippen molar-refractivity contribution in [2.45, 2.75) is 19.4 Å². The van der Waals surface area contributed by atoms with Gasteiger partial charge in [0.15, 0.2) is 11.5 Å². The molecule has 1 atom stereocenters. The molecule has 1 saturated heterocycles. The lowest BCUT2D eigenvalue weighted by molar-refractivity contribution is -0.917. The Balaban J connectivity index is 1.31. The zero-order valence-electron chi connectivity index (χ0n) is 16.3. The molecular formula is C21H24N3O5+. The van der Waals surface area contributed by atoms with Crippen molar-refractivity contribution in [1.29, 1.82) is 0 Å². The van der Waals surface area contributed by atoms with Gasteiger partial charge in [-0.1, -0.05) is 12.1 Å². The van der Waals surface area contributed by atoms with E-state index in [4.69, 9.17) is 9.47 Å². The van der Waals surface area contributed by atoms with Crippen molar-refractivity contribution in [3.05, 3.63) is 63.7 Å². The summed E-state index contributed by atoms with van der Waals surface area (Å²) in [6, 6.07) is 12.3. The number of hydrogen-bond donors (Lipinski definition) is 1. The lowest BCUT2D eigenvalue weighted by atomic mass is 9.99. The van der Waals surface area contributed by atoms with E-state index in [1.807, 2.05) is 24.0 Å². The second-order valence-corrected chi connectivity index (χ2v) is 7.51. The van der Waals surface area contributed by atoms with Crippen LogP contribution in [-0.2, 0) is 11.3 Å². The third-order valence-electron chi connectivity index (χ3n) is 5.65. The third-order valence-corrected chi connectivity index (χ3v) is 5.65. The van der Waals surface area contributed by atoms with Gasteiger partial charge in [0, 0.05) is 17.7 Å². The molecule has 1 fully saturated rings. The van der Waals surface area contributed by atoms with Crippen LogP contribution in [0.5, 0.6) is 11.5 Å². The van der Waals surface area contributed by atoms with Gasteiger partial charge in [0.2, 0.25) is 12.7 Å². The van der Waals surface area contributed by atoms with Gasteiger partial charge in [-0.2, -0.15) is 0 Å². The maximum absolute atomic E-state index is 12.9. The van der Waals surface area contributed by atoms with E-state index in [0.717, 1.165) is 36.7 Å². The van der Waals surface area contributed by atoms with Crippen LogP contribution in [0.25, 0.3) is 0 Å². The van der Waals surface area contributed by atoms with E-state index in [1.165, 1.54) is 22.6 Å². The van der Waals surface area contributed by atoms with E-state index < -0.39 is 4.92 Å². The second-order valence-electron chi connectivity index (χ2n) is 7.51. The number of carbonyl (C=O) groups excluding carboxylic acids is 1. The topological polar surface area (TPSA) is 86.4 Å². The number of non-ortho nitro benzene ring substituents is 1. The summed E-state index contributed by atoms with van der Waals surface area (Å²) in [4.78, 5) is 26.6. The van der Waals surface area contributed by atoms with E-state index >= 15 is 0 Å². The lowest BCUT2D eigenvalue weighted by Gasteiger charge is -2.33. The first-order chi connectivity index (χ1) is 14.0. The highest BCUT2D eigenvalue weighted by Gasteiger charge is 2.28. The Morgan fingerprint density at radius 2 is 1.83 bits per heavy atom. The van der Waals surface area contributed by atoms with Crippen molar-refractivity contribution in [2.75, 3.05) is 33.0 Å². The maximum atomic E-state index is 12.9. The predicted octanol–water partition coefficient (Wildman–Crippen LogP) is 1.35. The normalized spacial score (nSPS) is 17.2. The van der Waals surface area contributed by atoms with Gasteiger partial charge in [-0.15, -0.1) is 0 Å². The summed E-state index contributed by atoms with van der Waals surface area (Å²) in [5.41, 5.74) is 2.04. The minimum absolute atomic E-state index is 0.0362. The zero-order valence-corrected chi connectivity index (χ0v) is 16.3. The molecule has 0 aliphatic carbocycles. The summed E-state index contributed by atoms with van der Waals surface area (Å²) in [5.74, 6) is 1.35. The maximum Gasteiger partial charge on any atom is 0.269 e. The molecule has 0 unspecified atom stereocenters. The minimum Gasteiger partial charge on any atom is -0.454 e. The average molecular weight is 398 g/mol. The van der Waals surface area contributed by atoms with Crippen LogP contribution in [-0.4, -0.2) is 48.7 Å². The van der Waals surface area contributed by atoms with Crippen molar-refractivity contribution in [1.82, 2.24) is 4.90 Å². The highest BCUT2D eigenvalue weighted by atomic mass is 16.7. The van der Waals surface area contributed by atoms with Crippen molar-refractivity contribution < 1.29 is 24.1 Å². The molecule has 4 rings (SSSR count). The van der Waals surface area contributed by atoms with Gasteiger partial charge in [-0.05, 0) is 30.7 Å². The van der Waals surface area contributed by atoms with Crippen LogP contribution in [0.4, 0.5) is 5.69 Å². The van der Waals surface area contributed by atoms with Crippen LogP contribution in [0.1, 0.15) is 24.0 Å². The Bertz CT molecular complexity index is 907. The lowest BCUT2D eigenvalue weighted by Crippen LogP contribution is -3.13. The first-order valence-corrected chi connectivity index (χ1v) is 9.76. The molecule has 1 N–H and O–H groups in total. The number of nitro groups is 1. The smallest absolute Gasteiger partial charge is 0.269 e. The molecule has 0 saturated carbocycles. The van der Waals surface area contributed by atoms with Crippen LogP contribution >= 0.6 is 0 Å². The number of nitrogens with zero attached hydrogens (tertiary/aromatic N) is 2. The van der Waals surface area contributed by atoms with Gasteiger partial charge in [0.25, 0.3) is 5.69 Å². The van der Waals surface area contributed by atoms with Gasteiger partial charge in [-0.3, -0.25) is 14.9 Å². The standard InChI is InChI=1S/C21H23N3O5/c1-15(17-3-5-18(6-4-17)24(26)27)21(25)23-10-8-22(9-11-23)13-16-2-7-19-20(12-16)29-14-28-19/h2-7,12,15H,8-11,13-14H2,1H3/p+1/t15-/m1/s1. The second kappa shape index (κ2) is 8.08. The molecule has 8 nitrogen and oxygen atoms in total. The SMILES string of the molecule is C[C@@H](C(=O)N1CC[NH+](Cc2ccc3c(c2)OCO3)CC1)c1ccc([N+](=O)[O-])cc1. The van der Waals surface area contributed by atoms with Crippen molar-refractivity contribution in [3.63, 3.8) is 0 Å². The number of amides is 1. The van der Waals surface area contributed by atoms with E-state index in [0.29, 0.717) is 13.1 Å². The largest absolute Gasteiger partial charge is 0.454 e. The summed E-state index contributed by atoms with van der Waals surface area (Å²) >= 11 is 0. The van der Waals surface area contributed by atoms with Crippen LogP contribution in [0, 0.1) is 10.1 Å². The molecule has 0 aromatic heterocycles. The summed E-state index contributed by atoms with van der Waals surface area (Å²) in [6.07, 6.45) is 0. The third kappa shape index (κ3) is 4.17. The Hall–Kier alpha value is -3.13. The summed E-state index contributed by atoms with van der Waals surface area (Å²) < 4.78 is 10.8. The number of nitro benzene ring substituents is 1. The fourth-order valence-electron chi connectivity index (χ4n) is 3.86. The molecule has 2 aromatic carbocycles. The van der Waals surface area contributed by atoms with E-state index in [9.17, 15) is 14.9 Å². The van der Waals surface area contributed by atoms with E-state index in [1.54, 1.807) is 12.1 Å². The monoisotopic (exact) mass is 398 g/mol. The van der Waals surface area contributed by atoms with Gasteiger partial charge in [0.05, 0.1) is 37.0 Å². The van der Waals surface area contributed by atoms with Crippen LogP contribution in [0.2, 0.25) is 0 Å². The van der Waals surface area contributed by atoms with E-state index in [2.05, 4.69) is 6.07 Å². The van der Waals surface area contributed by atoms with Crippen molar-refractivity contribution >= 4 is 11.6 Å². The molecule has 2 aliphatic heterocycles. The molecular weight excluding hydrogens is 374 g/mol. The van der Waals surface area contributed by atoms with Crippen LogP contribution < -0.4 is 14.4 Å². The van der Waals surface area contributed by atoms with Gasteiger partial charge < -0.3 is 19.3 Å². The van der Waals surface area contributed by atoms with Crippen LogP contribution in [0.3, 0.4) is 0 Å². The average Bonchev–Trinajstić information content (AvgIpc) is 3.21. The number of benzene rings is 2. The molecule has 29 heavy (non-hydrogen) atoms. The minimum atomic E-state index is -0.432. The number of nitrogens with one attached hydrogen (secondary N) is 1. The number of carbonyl (C=O) groups is 1. The highest BCUT2D eigenvalue weighted by molar-refractivity contribution is 5.83. The zero-order chi connectivity index (χ0) is 20.4. The number of quaternary nitrogens is 1. The molecule has 8 heteroatoms. The Kier molecular flexibility index (Phi) is 5.35. The number of fused-ring (bicyclic) bond motifs is 1. The Labute approximate surface area is 168 Å². The summed E-state index contributed by atoms with van der Waals surface area (Å²) in [7, 11) is 0. The Morgan fingerprint density at radius 1 is 1.14 bits per heavy atom.